The van der Waals surface area contributed by atoms with Crippen LogP contribution in [0.5, 0.6) is 0 Å². The fourth-order valence-electron chi connectivity index (χ4n) is 2.22. The maximum absolute atomic E-state index is 12.0. The van der Waals surface area contributed by atoms with E-state index >= 15 is 0 Å². The molecule has 3 aromatic rings. The number of thioether (sulfide) groups is 1. The number of rotatable bonds is 5. The summed E-state index contributed by atoms with van der Waals surface area (Å²) in [7, 11) is 0. The first kappa shape index (κ1) is 17.2. The van der Waals surface area contributed by atoms with Gasteiger partial charge in [-0.3, -0.25) is 4.79 Å². The lowest BCUT2D eigenvalue weighted by atomic mass is 10.1. The molecule has 0 aliphatic heterocycles. The molecule has 2 aromatic carbocycles. The largest absolute Gasteiger partial charge is 0.411 e. The summed E-state index contributed by atoms with van der Waals surface area (Å²) in [4.78, 5) is 12.0. The summed E-state index contributed by atoms with van der Waals surface area (Å²) in [5.74, 6) is 0.562. The molecule has 3 rings (SSSR count). The summed E-state index contributed by atoms with van der Waals surface area (Å²) in [5, 5.41) is 11.3. The molecule has 25 heavy (non-hydrogen) atoms. The Hall–Kier alpha value is -2.60. The molecule has 1 aromatic heterocycles. The number of benzene rings is 2. The Morgan fingerprint density at radius 2 is 1.80 bits per heavy atom. The molecule has 6 heteroatoms. The lowest BCUT2D eigenvalue weighted by molar-refractivity contribution is -0.113. The molecule has 0 unspecified atom stereocenters. The fraction of sp³-hybridized carbons (Fsp3) is 0.211. The molecule has 0 saturated heterocycles. The Morgan fingerprint density at radius 1 is 1.04 bits per heavy atom. The second-order valence-corrected chi connectivity index (χ2v) is 6.80. The van der Waals surface area contributed by atoms with Crippen molar-refractivity contribution >= 4 is 23.4 Å². The van der Waals surface area contributed by atoms with Crippen LogP contribution in [-0.4, -0.2) is 21.9 Å². The first-order chi connectivity index (χ1) is 12.0. The Kier molecular flexibility index (Phi) is 5.19. The summed E-state index contributed by atoms with van der Waals surface area (Å²) in [6.07, 6.45) is 0. The van der Waals surface area contributed by atoms with Crippen molar-refractivity contribution in [2.24, 2.45) is 0 Å². The Balaban J connectivity index is 1.58. The zero-order valence-corrected chi connectivity index (χ0v) is 15.2. The van der Waals surface area contributed by atoms with Gasteiger partial charge in [0.2, 0.25) is 11.8 Å². The van der Waals surface area contributed by atoms with Crippen LogP contribution >= 0.6 is 11.8 Å². The van der Waals surface area contributed by atoms with E-state index in [0.717, 1.165) is 16.8 Å². The van der Waals surface area contributed by atoms with Crippen LogP contribution in [-0.2, 0) is 4.79 Å². The number of amides is 1. The highest BCUT2D eigenvalue weighted by molar-refractivity contribution is 7.99. The summed E-state index contributed by atoms with van der Waals surface area (Å²) in [6.45, 7) is 6.10. The van der Waals surface area contributed by atoms with Gasteiger partial charge in [-0.15, -0.1) is 10.2 Å². The quantitative estimate of drug-likeness (QED) is 0.689. The Labute approximate surface area is 150 Å². The molecule has 0 radical (unpaired) electrons. The Morgan fingerprint density at radius 3 is 2.52 bits per heavy atom. The van der Waals surface area contributed by atoms with Crippen molar-refractivity contribution in [2.75, 3.05) is 11.1 Å². The molecule has 1 amide bonds. The van der Waals surface area contributed by atoms with E-state index in [-0.39, 0.29) is 11.7 Å². The van der Waals surface area contributed by atoms with Gasteiger partial charge in [-0.25, -0.2) is 0 Å². The molecule has 1 N–H and O–H groups in total. The van der Waals surface area contributed by atoms with Crippen LogP contribution in [0.2, 0.25) is 0 Å². The third kappa shape index (κ3) is 4.48. The van der Waals surface area contributed by atoms with E-state index in [9.17, 15) is 4.79 Å². The van der Waals surface area contributed by atoms with Gasteiger partial charge >= 0.3 is 0 Å². The van der Waals surface area contributed by atoms with Crippen molar-refractivity contribution in [1.29, 1.82) is 0 Å². The van der Waals surface area contributed by atoms with Crippen molar-refractivity contribution in [3.05, 3.63) is 59.2 Å². The molecular weight excluding hydrogens is 334 g/mol. The van der Waals surface area contributed by atoms with Crippen molar-refractivity contribution in [2.45, 2.75) is 26.0 Å². The standard InChI is InChI=1S/C19H19N3O2S/c1-12-4-8-16(9-5-12)20-17(23)11-25-19-22-21-18(24-19)15-7-6-13(2)14(3)10-15/h4-10H,11H2,1-3H3,(H,20,23). The van der Waals surface area contributed by atoms with Crippen LogP contribution in [0.4, 0.5) is 5.69 Å². The number of carbonyl (C=O) groups is 1. The smallest absolute Gasteiger partial charge is 0.277 e. The number of nitrogens with zero attached hydrogens (tertiary/aromatic N) is 2. The lowest BCUT2D eigenvalue weighted by Gasteiger charge is -2.04. The number of carbonyl (C=O) groups excluding carboxylic acids is 1. The van der Waals surface area contributed by atoms with Crippen LogP contribution in [0.15, 0.2) is 52.1 Å². The van der Waals surface area contributed by atoms with Gasteiger partial charge in [0.15, 0.2) is 0 Å². The highest BCUT2D eigenvalue weighted by Gasteiger charge is 2.12. The minimum atomic E-state index is -0.111. The predicted octanol–water partition coefficient (Wildman–Crippen LogP) is 4.39. The third-order valence-electron chi connectivity index (χ3n) is 3.82. The fourth-order valence-corrected chi connectivity index (χ4v) is 2.78. The maximum atomic E-state index is 12.0. The predicted molar refractivity (Wildman–Crippen MR) is 99.7 cm³/mol. The van der Waals surface area contributed by atoms with E-state index < -0.39 is 0 Å². The first-order valence-corrected chi connectivity index (χ1v) is 8.90. The second-order valence-electron chi connectivity index (χ2n) is 5.88. The summed E-state index contributed by atoms with van der Waals surface area (Å²) in [6, 6.07) is 13.7. The zero-order valence-electron chi connectivity index (χ0n) is 14.4. The maximum Gasteiger partial charge on any atom is 0.277 e. The van der Waals surface area contributed by atoms with Gasteiger partial charge < -0.3 is 9.73 Å². The minimum Gasteiger partial charge on any atom is -0.411 e. The topological polar surface area (TPSA) is 68.0 Å². The molecule has 0 bridgehead atoms. The molecule has 0 saturated carbocycles. The number of aromatic nitrogens is 2. The molecule has 0 fully saturated rings. The molecule has 0 atom stereocenters. The molecule has 0 spiro atoms. The van der Waals surface area contributed by atoms with Gasteiger partial charge in [0, 0.05) is 11.3 Å². The zero-order chi connectivity index (χ0) is 17.8. The normalized spacial score (nSPS) is 10.7. The molecule has 1 heterocycles. The van der Waals surface area contributed by atoms with Crippen molar-refractivity contribution < 1.29 is 9.21 Å². The third-order valence-corrected chi connectivity index (χ3v) is 4.64. The molecule has 128 valence electrons. The number of nitrogens with one attached hydrogen (secondary N) is 1. The Bertz CT molecular complexity index is 888. The van der Waals surface area contributed by atoms with Gasteiger partial charge in [-0.1, -0.05) is 35.5 Å². The summed E-state index contributed by atoms with van der Waals surface area (Å²) >= 11 is 1.22. The highest BCUT2D eigenvalue weighted by atomic mass is 32.2. The van der Waals surface area contributed by atoms with Gasteiger partial charge in [0.25, 0.3) is 5.22 Å². The minimum absolute atomic E-state index is 0.111. The van der Waals surface area contributed by atoms with Gasteiger partial charge in [0.1, 0.15) is 0 Å². The number of aryl methyl sites for hydroxylation is 3. The van der Waals surface area contributed by atoms with Crippen LogP contribution in [0.3, 0.4) is 0 Å². The summed E-state index contributed by atoms with van der Waals surface area (Å²) < 4.78 is 5.64. The van der Waals surface area contributed by atoms with Gasteiger partial charge in [0.05, 0.1) is 5.75 Å². The van der Waals surface area contributed by atoms with Crippen LogP contribution in [0.25, 0.3) is 11.5 Å². The van der Waals surface area contributed by atoms with E-state index in [0.29, 0.717) is 11.1 Å². The number of anilines is 1. The summed E-state index contributed by atoms with van der Waals surface area (Å²) in [5.41, 5.74) is 5.19. The first-order valence-electron chi connectivity index (χ1n) is 7.92. The van der Waals surface area contributed by atoms with Crippen molar-refractivity contribution in [1.82, 2.24) is 10.2 Å². The van der Waals surface area contributed by atoms with Crippen LogP contribution in [0, 0.1) is 20.8 Å². The van der Waals surface area contributed by atoms with Crippen molar-refractivity contribution in [3.63, 3.8) is 0 Å². The van der Waals surface area contributed by atoms with Crippen LogP contribution in [0.1, 0.15) is 16.7 Å². The van der Waals surface area contributed by atoms with E-state index in [1.165, 1.54) is 22.9 Å². The van der Waals surface area contributed by atoms with Crippen LogP contribution < -0.4 is 5.32 Å². The number of hydrogen-bond donors (Lipinski definition) is 1. The average molecular weight is 353 g/mol. The monoisotopic (exact) mass is 353 g/mol. The van der Waals surface area contributed by atoms with E-state index in [1.54, 1.807) is 0 Å². The average Bonchev–Trinajstić information content (AvgIpc) is 3.07. The molecule has 5 nitrogen and oxygen atoms in total. The van der Waals surface area contributed by atoms with Gasteiger partial charge in [-0.2, -0.15) is 0 Å². The van der Waals surface area contributed by atoms with E-state index in [4.69, 9.17) is 4.42 Å². The molecular formula is C19H19N3O2S. The van der Waals surface area contributed by atoms with Gasteiger partial charge in [-0.05, 0) is 56.2 Å². The highest BCUT2D eigenvalue weighted by Crippen LogP contribution is 2.25. The van der Waals surface area contributed by atoms with Crippen molar-refractivity contribution in [3.8, 4) is 11.5 Å². The molecule has 0 aliphatic rings. The van der Waals surface area contributed by atoms with E-state index in [1.807, 2.05) is 56.3 Å². The second kappa shape index (κ2) is 7.53. The SMILES string of the molecule is Cc1ccc(NC(=O)CSc2nnc(-c3ccc(C)c(C)c3)o2)cc1. The number of hydrogen-bond acceptors (Lipinski definition) is 5. The lowest BCUT2D eigenvalue weighted by Crippen LogP contribution is -2.13. The van der Waals surface area contributed by atoms with E-state index in [2.05, 4.69) is 22.4 Å². The molecule has 0 aliphatic carbocycles.